The summed E-state index contributed by atoms with van der Waals surface area (Å²) >= 11 is 0. The van der Waals surface area contributed by atoms with Crippen molar-refractivity contribution in [1.82, 2.24) is 9.97 Å². The van der Waals surface area contributed by atoms with E-state index < -0.39 is 5.82 Å². The minimum absolute atomic E-state index is 0.182. The summed E-state index contributed by atoms with van der Waals surface area (Å²) in [6.07, 6.45) is 6.44. The summed E-state index contributed by atoms with van der Waals surface area (Å²) in [5, 5.41) is 0. The molecule has 0 fully saturated rings. The second kappa shape index (κ2) is 9.22. The molecule has 0 unspecified atom stereocenters. The number of halogens is 3. The Bertz CT molecular complexity index is 1210. The highest BCUT2D eigenvalue weighted by molar-refractivity contribution is 5.73. The lowest BCUT2D eigenvalue weighted by Gasteiger charge is -2.05. The van der Waals surface area contributed by atoms with Crippen molar-refractivity contribution in [1.29, 1.82) is 0 Å². The van der Waals surface area contributed by atoms with Gasteiger partial charge in [0.15, 0.2) is 5.82 Å². The quantitative estimate of drug-likeness (QED) is 0.355. The van der Waals surface area contributed by atoms with Gasteiger partial charge in [0.05, 0.1) is 17.0 Å². The highest BCUT2D eigenvalue weighted by Gasteiger charge is 2.09. The number of nitrogens with zero attached hydrogens (tertiary/aromatic N) is 2. The average molecular weight is 414 g/mol. The van der Waals surface area contributed by atoms with E-state index in [0.29, 0.717) is 22.5 Å². The Hall–Kier alpha value is -3.99. The van der Waals surface area contributed by atoms with Crippen molar-refractivity contribution in [3.63, 3.8) is 0 Å². The van der Waals surface area contributed by atoms with Gasteiger partial charge < -0.3 is 0 Å². The Morgan fingerprint density at radius 3 is 1.45 bits per heavy atom. The van der Waals surface area contributed by atoms with Gasteiger partial charge in [-0.2, -0.15) is 0 Å². The Morgan fingerprint density at radius 2 is 0.968 bits per heavy atom. The van der Waals surface area contributed by atoms with Gasteiger partial charge in [0.1, 0.15) is 17.5 Å². The monoisotopic (exact) mass is 414 g/mol. The molecule has 0 amide bonds. The predicted octanol–water partition coefficient (Wildman–Crippen LogP) is 6.90. The van der Waals surface area contributed by atoms with Crippen LogP contribution in [0, 0.1) is 17.5 Å². The van der Waals surface area contributed by atoms with Crippen LogP contribution in [-0.2, 0) is 0 Å². The van der Waals surface area contributed by atoms with Crippen LogP contribution in [0.25, 0.3) is 35.7 Å². The second-order valence-corrected chi connectivity index (χ2v) is 6.73. The number of rotatable bonds is 5. The average Bonchev–Trinajstić information content (AvgIpc) is 2.78. The van der Waals surface area contributed by atoms with Crippen LogP contribution in [0.15, 0.2) is 78.9 Å². The molecule has 0 saturated carbocycles. The third-order valence-electron chi connectivity index (χ3n) is 4.56. The van der Waals surface area contributed by atoms with Crippen molar-refractivity contribution in [2.24, 2.45) is 0 Å². The first kappa shape index (κ1) is 20.3. The molecule has 0 atom stereocenters. The van der Waals surface area contributed by atoms with Gasteiger partial charge in [-0.25, -0.2) is 23.1 Å². The molecule has 0 bridgehead atoms. The standard InChI is InChI=1S/C26H17F3N2/c27-23-10-4-1-7-18(23)13-15-20-17-21(16-14-19-8-2-5-11-24(19)28)31-26(30-20)22-9-3-6-12-25(22)29/h1-17H/b15-13+,16-14+. The van der Waals surface area contributed by atoms with Gasteiger partial charge in [-0.1, -0.05) is 48.5 Å². The van der Waals surface area contributed by atoms with Crippen LogP contribution in [0.2, 0.25) is 0 Å². The second-order valence-electron chi connectivity index (χ2n) is 6.73. The van der Waals surface area contributed by atoms with Crippen LogP contribution in [0.5, 0.6) is 0 Å². The van der Waals surface area contributed by atoms with Crippen molar-refractivity contribution in [3.8, 4) is 11.4 Å². The van der Waals surface area contributed by atoms with Crippen molar-refractivity contribution < 1.29 is 13.2 Å². The fraction of sp³-hybridized carbons (Fsp3) is 0. The summed E-state index contributed by atoms with van der Waals surface area (Å²) in [5.74, 6) is -0.993. The van der Waals surface area contributed by atoms with Crippen molar-refractivity contribution in [2.75, 3.05) is 0 Å². The topological polar surface area (TPSA) is 25.8 Å². The maximum absolute atomic E-state index is 14.3. The summed E-state index contributed by atoms with van der Waals surface area (Å²) in [5.41, 5.74) is 1.97. The molecule has 2 nitrogen and oxygen atoms in total. The molecule has 4 aromatic rings. The SMILES string of the molecule is Fc1ccccc1/C=C/c1cc(/C=C/c2ccccc2F)nc(-c2ccccc2F)n1. The van der Waals surface area contributed by atoms with E-state index in [4.69, 9.17) is 0 Å². The molecule has 152 valence electrons. The predicted molar refractivity (Wildman–Crippen MR) is 118 cm³/mol. The van der Waals surface area contributed by atoms with Gasteiger partial charge in [0.2, 0.25) is 0 Å². The summed E-state index contributed by atoms with van der Waals surface area (Å²) in [7, 11) is 0. The van der Waals surface area contributed by atoms with E-state index in [9.17, 15) is 13.2 Å². The molecule has 1 heterocycles. The highest BCUT2D eigenvalue weighted by Crippen LogP contribution is 2.22. The lowest BCUT2D eigenvalue weighted by atomic mass is 10.1. The van der Waals surface area contributed by atoms with Crippen LogP contribution in [-0.4, -0.2) is 9.97 Å². The maximum Gasteiger partial charge on any atom is 0.163 e. The molecule has 0 aliphatic rings. The first-order valence-electron chi connectivity index (χ1n) is 9.59. The number of hydrogen-bond acceptors (Lipinski definition) is 2. The Balaban J connectivity index is 1.76. The first-order chi connectivity index (χ1) is 15.1. The van der Waals surface area contributed by atoms with E-state index in [0.717, 1.165) is 0 Å². The van der Waals surface area contributed by atoms with Gasteiger partial charge in [-0.3, -0.25) is 0 Å². The zero-order valence-electron chi connectivity index (χ0n) is 16.3. The molecular formula is C26H17F3N2. The van der Waals surface area contributed by atoms with E-state index in [1.165, 1.54) is 18.2 Å². The van der Waals surface area contributed by atoms with Gasteiger partial charge in [-0.05, 0) is 54.6 Å². The molecule has 4 rings (SSSR count). The summed E-state index contributed by atoms with van der Waals surface area (Å²) in [6, 6.07) is 20.6. The normalized spacial score (nSPS) is 11.5. The van der Waals surface area contributed by atoms with Gasteiger partial charge >= 0.3 is 0 Å². The Kier molecular flexibility index (Phi) is 6.03. The zero-order valence-corrected chi connectivity index (χ0v) is 16.3. The Morgan fingerprint density at radius 1 is 0.516 bits per heavy atom. The largest absolute Gasteiger partial charge is 0.228 e. The van der Waals surface area contributed by atoms with Gasteiger partial charge in [0, 0.05) is 11.1 Å². The van der Waals surface area contributed by atoms with Crippen LogP contribution < -0.4 is 0 Å². The van der Waals surface area contributed by atoms with E-state index in [1.54, 1.807) is 85.0 Å². The lowest BCUT2D eigenvalue weighted by Crippen LogP contribution is -1.97. The molecule has 0 N–H and O–H groups in total. The van der Waals surface area contributed by atoms with Crippen molar-refractivity contribution in [3.05, 3.63) is 119 Å². The van der Waals surface area contributed by atoms with Crippen molar-refractivity contribution in [2.45, 2.75) is 0 Å². The minimum atomic E-state index is -0.457. The number of hydrogen-bond donors (Lipinski definition) is 0. The van der Waals surface area contributed by atoms with Crippen LogP contribution in [0.3, 0.4) is 0 Å². The molecular weight excluding hydrogens is 397 g/mol. The third-order valence-corrected chi connectivity index (χ3v) is 4.56. The molecule has 3 aromatic carbocycles. The molecule has 1 aromatic heterocycles. The molecule has 0 saturated heterocycles. The first-order valence-corrected chi connectivity index (χ1v) is 9.59. The smallest absolute Gasteiger partial charge is 0.163 e. The molecule has 0 spiro atoms. The van der Waals surface area contributed by atoms with E-state index in [2.05, 4.69) is 9.97 Å². The van der Waals surface area contributed by atoms with E-state index in [1.807, 2.05) is 0 Å². The molecule has 0 aliphatic heterocycles. The molecule has 31 heavy (non-hydrogen) atoms. The lowest BCUT2D eigenvalue weighted by molar-refractivity contribution is 0.625. The fourth-order valence-corrected chi connectivity index (χ4v) is 2.99. The summed E-state index contributed by atoms with van der Waals surface area (Å²) in [6.45, 7) is 0. The maximum atomic E-state index is 14.3. The van der Waals surface area contributed by atoms with Gasteiger partial charge in [-0.15, -0.1) is 0 Å². The van der Waals surface area contributed by atoms with Crippen molar-refractivity contribution >= 4 is 24.3 Å². The Labute approximate surface area is 178 Å². The van der Waals surface area contributed by atoms with E-state index >= 15 is 0 Å². The number of aromatic nitrogens is 2. The summed E-state index contributed by atoms with van der Waals surface area (Å²) < 4.78 is 42.2. The van der Waals surface area contributed by atoms with E-state index in [-0.39, 0.29) is 23.0 Å². The molecule has 5 heteroatoms. The van der Waals surface area contributed by atoms with Gasteiger partial charge in [0.25, 0.3) is 0 Å². The molecule has 0 radical (unpaired) electrons. The minimum Gasteiger partial charge on any atom is -0.228 e. The summed E-state index contributed by atoms with van der Waals surface area (Å²) in [4.78, 5) is 8.83. The number of benzene rings is 3. The fourth-order valence-electron chi connectivity index (χ4n) is 2.99. The highest BCUT2D eigenvalue weighted by atomic mass is 19.1. The van der Waals surface area contributed by atoms with Crippen LogP contribution in [0.4, 0.5) is 13.2 Å². The zero-order chi connectivity index (χ0) is 21.6. The van der Waals surface area contributed by atoms with Crippen LogP contribution in [0.1, 0.15) is 22.5 Å². The molecule has 0 aliphatic carbocycles. The third kappa shape index (κ3) is 4.95. The van der Waals surface area contributed by atoms with Crippen LogP contribution >= 0.6 is 0 Å².